The fraction of sp³-hybridized carbons (Fsp3) is 0.0625. The van der Waals surface area contributed by atoms with Crippen LogP contribution in [0.3, 0.4) is 0 Å². The number of hydrogen-bond donors (Lipinski definition) is 2. The largest absolute Gasteiger partial charge is 0.388 e. The SMILES string of the molecule is NS(=O)(=O)c1c(F)cc(-c2c(-c3cccc(Cl)c3)noc2CO)cc1F. The molecule has 1 aromatic heterocycles. The summed E-state index contributed by atoms with van der Waals surface area (Å²) in [5.41, 5.74) is 0.687. The lowest BCUT2D eigenvalue weighted by molar-refractivity contribution is 0.230. The second kappa shape index (κ2) is 6.76. The highest BCUT2D eigenvalue weighted by atomic mass is 35.5. The van der Waals surface area contributed by atoms with Crippen LogP contribution >= 0.6 is 11.6 Å². The number of aliphatic hydroxyl groups is 1. The summed E-state index contributed by atoms with van der Waals surface area (Å²) in [7, 11) is -4.59. The topological polar surface area (TPSA) is 106 Å². The Hall–Kier alpha value is -2.33. The molecule has 1 heterocycles. The zero-order valence-electron chi connectivity index (χ0n) is 12.9. The van der Waals surface area contributed by atoms with Gasteiger partial charge in [-0.15, -0.1) is 0 Å². The molecule has 0 saturated carbocycles. The van der Waals surface area contributed by atoms with Crippen molar-refractivity contribution in [1.82, 2.24) is 5.16 Å². The number of benzene rings is 2. The van der Waals surface area contributed by atoms with Crippen molar-refractivity contribution >= 4 is 21.6 Å². The van der Waals surface area contributed by atoms with Gasteiger partial charge in [-0.2, -0.15) is 0 Å². The molecule has 0 atom stereocenters. The van der Waals surface area contributed by atoms with E-state index in [1.807, 2.05) is 0 Å². The molecule has 0 fully saturated rings. The van der Waals surface area contributed by atoms with Crippen molar-refractivity contribution in [3.05, 3.63) is 58.8 Å². The molecule has 0 amide bonds. The number of nitrogens with two attached hydrogens (primary N) is 1. The van der Waals surface area contributed by atoms with Crippen molar-refractivity contribution in [2.24, 2.45) is 5.14 Å². The number of primary sulfonamides is 1. The first-order valence-corrected chi connectivity index (χ1v) is 9.02. The summed E-state index contributed by atoms with van der Waals surface area (Å²) in [6, 6.07) is 8.01. The smallest absolute Gasteiger partial charge is 0.243 e. The molecule has 0 bridgehead atoms. The van der Waals surface area contributed by atoms with Crippen LogP contribution in [0, 0.1) is 11.6 Å². The standard InChI is InChI=1S/C16H11ClF2N2O4S/c17-10-3-1-2-8(4-10)15-14(13(7-22)25-21-15)9-5-11(18)16(12(19)6-9)26(20,23)24/h1-6,22H,7H2,(H2,20,23,24). The zero-order chi connectivity index (χ0) is 19.1. The molecule has 2 aromatic carbocycles. The highest BCUT2D eigenvalue weighted by Crippen LogP contribution is 2.37. The molecular weight excluding hydrogens is 390 g/mol. The van der Waals surface area contributed by atoms with Crippen LogP contribution in [0.5, 0.6) is 0 Å². The van der Waals surface area contributed by atoms with Crippen LogP contribution in [0.2, 0.25) is 5.02 Å². The van der Waals surface area contributed by atoms with E-state index in [9.17, 15) is 22.3 Å². The Balaban J connectivity index is 2.26. The normalized spacial score (nSPS) is 11.7. The van der Waals surface area contributed by atoms with Crippen molar-refractivity contribution in [3.8, 4) is 22.4 Å². The van der Waals surface area contributed by atoms with Crippen LogP contribution in [-0.2, 0) is 16.6 Å². The van der Waals surface area contributed by atoms with Crippen molar-refractivity contribution < 1.29 is 26.8 Å². The quantitative estimate of drug-likeness (QED) is 0.700. The third kappa shape index (κ3) is 3.34. The number of nitrogens with zero attached hydrogens (tertiary/aromatic N) is 1. The molecule has 0 aliphatic rings. The second-order valence-electron chi connectivity index (χ2n) is 5.31. The summed E-state index contributed by atoms with van der Waals surface area (Å²) >= 11 is 5.95. The van der Waals surface area contributed by atoms with Crippen LogP contribution in [0.1, 0.15) is 5.76 Å². The molecule has 0 spiro atoms. The van der Waals surface area contributed by atoms with E-state index in [2.05, 4.69) is 5.16 Å². The molecule has 0 unspecified atom stereocenters. The van der Waals surface area contributed by atoms with Gasteiger partial charge in [0.15, 0.2) is 10.7 Å². The fourth-order valence-electron chi connectivity index (χ4n) is 2.54. The van der Waals surface area contributed by atoms with Crippen LogP contribution < -0.4 is 5.14 Å². The van der Waals surface area contributed by atoms with Gasteiger partial charge in [-0.3, -0.25) is 0 Å². The molecule has 136 valence electrons. The first-order chi connectivity index (χ1) is 12.2. The molecule has 3 N–H and O–H groups in total. The van der Waals surface area contributed by atoms with Gasteiger partial charge in [0, 0.05) is 10.6 Å². The molecule has 10 heteroatoms. The van der Waals surface area contributed by atoms with Gasteiger partial charge >= 0.3 is 0 Å². The monoisotopic (exact) mass is 400 g/mol. The minimum Gasteiger partial charge on any atom is -0.388 e. The van der Waals surface area contributed by atoms with E-state index in [-0.39, 0.29) is 22.6 Å². The molecule has 26 heavy (non-hydrogen) atoms. The lowest BCUT2D eigenvalue weighted by atomic mass is 9.99. The maximum Gasteiger partial charge on any atom is 0.243 e. The van der Waals surface area contributed by atoms with Crippen LogP contribution in [0.15, 0.2) is 45.8 Å². The van der Waals surface area contributed by atoms with E-state index >= 15 is 0 Å². The van der Waals surface area contributed by atoms with E-state index in [1.165, 1.54) is 0 Å². The summed E-state index contributed by atoms with van der Waals surface area (Å²) in [6.45, 7) is -0.594. The molecule has 3 aromatic rings. The molecule has 0 aliphatic heterocycles. The summed E-state index contributed by atoms with van der Waals surface area (Å²) in [6.07, 6.45) is 0. The van der Waals surface area contributed by atoms with Gasteiger partial charge < -0.3 is 9.63 Å². The zero-order valence-corrected chi connectivity index (χ0v) is 14.5. The number of hydrogen-bond acceptors (Lipinski definition) is 5. The molecule has 0 saturated heterocycles. The summed E-state index contributed by atoms with van der Waals surface area (Å²) in [5.74, 6) is -2.80. The van der Waals surface area contributed by atoms with E-state index in [0.29, 0.717) is 10.6 Å². The average Bonchev–Trinajstić information content (AvgIpc) is 2.96. The van der Waals surface area contributed by atoms with Crippen molar-refractivity contribution in [2.75, 3.05) is 0 Å². The van der Waals surface area contributed by atoms with Gasteiger partial charge in [0.25, 0.3) is 0 Å². The Labute approximate surface area is 151 Å². The van der Waals surface area contributed by atoms with Gasteiger partial charge in [-0.25, -0.2) is 22.3 Å². The Morgan fingerprint density at radius 2 is 1.81 bits per heavy atom. The Kier molecular flexibility index (Phi) is 4.80. The first kappa shape index (κ1) is 18.5. The fourth-order valence-corrected chi connectivity index (χ4v) is 3.39. The highest BCUT2D eigenvalue weighted by molar-refractivity contribution is 7.89. The number of rotatable bonds is 4. The molecule has 3 rings (SSSR count). The third-order valence-corrected chi connectivity index (χ3v) is 4.77. The Bertz CT molecular complexity index is 1080. The van der Waals surface area contributed by atoms with Crippen LogP contribution in [0.25, 0.3) is 22.4 Å². The van der Waals surface area contributed by atoms with Crippen molar-refractivity contribution in [1.29, 1.82) is 0 Å². The molecular formula is C16H11ClF2N2O4S. The lowest BCUT2D eigenvalue weighted by Gasteiger charge is -2.08. The average molecular weight is 401 g/mol. The van der Waals surface area contributed by atoms with Gasteiger partial charge in [0.2, 0.25) is 10.0 Å². The minimum absolute atomic E-state index is 0.0536. The molecule has 0 radical (unpaired) electrons. The third-order valence-electron chi connectivity index (χ3n) is 3.58. The lowest BCUT2D eigenvalue weighted by Crippen LogP contribution is -2.16. The summed E-state index contributed by atoms with van der Waals surface area (Å²) in [4.78, 5) is -1.24. The van der Waals surface area contributed by atoms with Crippen molar-refractivity contribution in [2.45, 2.75) is 11.5 Å². The van der Waals surface area contributed by atoms with Crippen LogP contribution in [-0.4, -0.2) is 18.7 Å². The Morgan fingerprint density at radius 3 is 2.35 bits per heavy atom. The van der Waals surface area contributed by atoms with E-state index in [4.69, 9.17) is 21.3 Å². The number of aromatic nitrogens is 1. The Morgan fingerprint density at radius 1 is 1.15 bits per heavy atom. The van der Waals surface area contributed by atoms with Crippen LogP contribution in [0.4, 0.5) is 8.78 Å². The van der Waals surface area contributed by atoms with E-state index < -0.39 is 33.2 Å². The van der Waals surface area contributed by atoms with Gasteiger partial charge in [-0.1, -0.05) is 28.9 Å². The number of aliphatic hydroxyl groups excluding tert-OH is 1. The molecule has 6 nitrogen and oxygen atoms in total. The number of sulfonamides is 1. The highest BCUT2D eigenvalue weighted by Gasteiger charge is 2.25. The maximum absolute atomic E-state index is 14.2. The van der Waals surface area contributed by atoms with E-state index in [1.54, 1.807) is 24.3 Å². The first-order valence-electron chi connectivity index (χ1n) is 7.10. The predicted molar refractivity (Wildman–Crippen MR) is 89.6 cm³/mol. The van der Waals surface area contributed by atoms with Gasteiger partial charge in [-0.05, 0) is 29.8 Å². The summed E-state index contributed by atoms with van der Waals surface area (Å²) < 4.78 is 56.1. The second-order valence-corrected chi connectivity index (χ2v) is 7.25. The predicted octanol–water partition coefficient (Wildman–Crippen LogP) is 3.08. The van der Waals surface area contributed by atoms with Gasteiger partial charge in [0.1, 0.15) is 23.9 Å². The van der Waals surface area contributed by atoms with Gasteiger partial charge in [0.05, 0.1) is 5.56 Å². The molecule has 0 aliphatic carbocycles. The minimum atomic E-state index is -4.59. The number of halogens is 3. The van der Waals surface area contributed by atoms with E-state index in [0.717, 1.165) is 12.1 Å². The van der Waals surface area contributed by atoms with Crippen molar-refractivity contribution in [3.63, 3.8) is 0 Å². The summed E-state index contributed by atoms with van der Waals surface area (Å²) in [5, 5.41) is 18.5. The maximum atomic E-state index is 14.2.